The van der Waals surface area contributed by atoms with Gasteiger partial charge in [-0.15, -0.1) is 0 Å². The molecule has 0 aromatic carbocycles. The summed E-state index contributed by atoms with van der Waals surface area (Å²) in [6.07, 6.45) is 21.0. The van der Waals surface area contributed by atoms with Crippen LogP contribution in [-0.4, -0.2) is 35.4 Å². The summed E-state index contributed by atoms with van der Waals surface area (Å²) in [6.45, 7) is 2.95. The lowest BCUT2D eigenvalue weighted by Gasteiger charge is -2.32. The molecule has 32 heavy (non-hydrogen) atoms. The first-order chi connectivity index (χ1) is 15.6. The van der Waals surface area contributed by atoms with Crippen molar-refractivity contribution < 1.29 is 10.0 Å². The summed E-state index contributed by atoms with van der Waals surface area (Å²) < 4.78 is 4.11. The lowest BCUT2D eigenvalue weighted by molar-refractivity contribution is -0.129. The molecular weight excluding hydrogens is 406 g/mol. The van der Waals surface area contributed by atoms with Crippen LogP contribution in [0, 0.1) is 0 Å². The normalized spacial score (nSPS) is 17.7. The molecule has 1 aliphatic carbocycles. The van der Waals surface area contributed by atoms with E-state index in [1.807, 2.05) is 17.1 Å². The highest BCUT2D eigenvalue weighted by Crippen LogP contribution is 2.33. The predicted octanol–water partition coefficient (Wildman–Crippen LogP) is 4.06. The minimum atomic E-state index is -0.348. The highest BCUT2D eigenvalue weighted by molar-refractivity contribution is 5.77. The van der Waals surface area contributed by atoms with E-state index in [1.165, 1.54) is 0 Å². The highest BCUT2D eigenvalue weighted by Gasteiger charge is 2.28. The molecule has 0 spiro atoms. The van der Waals surface area contributed by atoms with Crippen LogP contribution in [0.25, 0.3) is 11.0 Å². The Morgan fingerprint density at radius 3 is 2.94 bits per heavy atom. The van der Waals surface area contributed by atoms with Crippen LogP contribution >= 0.6 is 0 Å². The van der Waals surface area contributed by atoms with Crippen LogP contribution in [0.1, 0.15) is 45.4 Å². The van der Waals surface area contributed by atoms with Crippen molar-refractivity contribution in [3.05, 3.63) is 55.2 Å². The molecule has 3 aromatic rings. The van der Waals surface area contributed by atoms with E-state index in [9.17, 15) is 4.79 Å². The fourth-order valence-corrected chi connectivity index (χ4v) is 4.07. The Morgan fingerprint density at radius 2 is 2.16 bits per heavy atom. The molecule has 0 saturated heterocycles. The fraction of sp³-hybridized carbons (Fsp3) is 0.391. The van der Waals surface area contributed by atoms with Gasteiger partial charge in [0.15, 0.2) is 0 Å². The molecule has 1 amide bonds. The lowest BCUT2D eigenvalue weighted by atomic mass is 9.88. The van der Waals surface area contributed by atoms with Gasteiger partial charge in [-0.25, -0.2) is 10.5 Å². The summed E-state index contributed by atoms with van der Waals surface area (Å²) in [5, 5.41) is 17.2. The molecule has 0 bridgehead atoms. The van der Waals surface area contributed by atoms with Crippen molar-refractivity contribution in [2.75, 3.05) is 5.32 Å². The largest absolute Gasteiger partial charge is 0.322 e. The molecule has 9 heteroatoms. The lowest BCUT2D eigenvalue weighted by Crippen LogP contribution is -2.30. The van der Waals surface area contributed by atoms with E-state index in [1.54, 1.807) is 11.7 Å². The first-order valence-corrected chi connectivity index (χ1v) is 11.0. The second-order valence-electron chi connectivity index (χ2n) is 8.07. The van der Waals surface area contributed by atoms with Crippen LogP contribution < -0.4 is 10.8 Å². The van der Waals surface area contributed by atoms with E-state index in [0.717, 1.165) is 55.4 Å². The van der Waals surface area contributed by atoms with Gasteiger partial charge in [0.1, 0.15) is 5.65 Å². The van der Waals surface area contributed by atoms with Gasteiger partial charge in [-0.3, -0.25) is 14.7 Å². The van der Waals surface area contributed by atoms with Gasteiger partial charge in [-0.05, 0) is 31.7 Å². The number of hydrogen-bond acceptors (Lipinski definition) is 6. The third-order valence-corrected chi connectivity index (χ3v) is 5.95. The van der Waals surface area contributed by atoms with Crippen LogP contribution in [0.4, 0.5) is 11.6 Å². The number of aromatic nitrogens is 5. The number of allylic oxidation sites excluding steroid dienone is 4. The minimum Gasteiger partial charge on any atom is -0.322 e. The number of carbonyl (C=O) groups excluding carboxylic acids is 1. The van der Waals surface area contributed by atoms with Crippen molar-refractivity contribution in [3.63, 3.8) is 0 Å². The number of carbonyl (C=O) groups is 1. The maximum absolute atomic E-state index is 11.0. The summed E-state index contributed by atoms with van der Waals surface area (Å²) >= 11 is 0. The number of hydroxylamine groups is 1. The van der Waals surface area contributed by atoms with E-state index in [4.69, 9.17) is 10.2 Å². The van der Waals surface area contributed by atoms with Gasteiger partial charge in [0.2, 0.25) is 11.9 Å². The van der Waals surface area contributed by atoms with E-state index >= 15 is 0 Å². The monoisotopic (exact) mass is 435 g/mol. The van der Waals surface area contributed by atoms with Gasteiger partial charge in [0.05, 0.1) is 17.4 Å². The van der Waals surface area contributed by atoms with Crippen molar-refractivity contribution >= 4 is 28.6 Å². The zero-order valence-corrected chi connectivity index (χ0v) is 18.2. The number of unbranched alkanes of at least 4 members (excludes halogenated alkanes) is 2. The molecule has 0 radical (unpaired) electrons. The molecule has 1 aliphatic rings. The average Bonchev–Trinajstić information content (AvgIpc) is 3.46. The molecule has 0 saturated carbocycles. The number of aryl methyl sites for hydroxylation is 1. The van der Waals surface area contributed by atoms with E-state index in [-0.39, 0.29) is 11.4 Å². The summed E-state index contributed by atoms with van der Waals surface area (Å²) in [5.41, 5.74) is 3.28. The molecule has 3 aromatic heterocycles. The molecular formula is C23H29N7O2. The Kier molecular flexibility index (Phi) is 6.65. The van der Waals surface area contributed by atoms with Crippen LogP contribution in [-0.2, 0) is 16.9 Å². The van der Waals surface area contributed by atoms with Crippen molar-refractivity contribution in [1.82, 2.24) is 29.8 Å². The topological polar surface area (TPSA) is 110 Å². The zero-order chi connectivity index (χ0) is 22.4. The number of amides is 1. The van der Waals surface area contributed by atoms with Gasteiger partial charge in [0.25, 0.3) is 0 Å². The SMILES string of the molecule is CCC1(n2ccc3cnc(Nc4cnn(CCCCCC(=O)NO)c4)nc32)C=CC=CC1. The first-order valence-electron chi connectivity index (χ1n) is 11.0. The molecule has 0 aliphatic heterocycles. The molecule has 1 atom stereocenters. The van der Waals surface area contributed by atoms with Gasteiger partial charge in [-0.1, -0.05) is 37.6 Å². The van der Waals surface area contributed by atoms with Crippen LogP contribution in [0.15, 0.2) is 55.2 Å². The number of anilines is 2. The standard InChI is InChI=1S/C23H29N7O2/c1-2-23(11-6-4-7-12-23)30-14-10-18-15-24-22(27-21(18)30)26-19-16-25-29(17-19)13-8-3-5-9-20(31)28-32/h4,6-7,10-11,14-17,32H,2-3,5,8-9,12-13H2,1H3,(H,28,31)(H,24,26,27). The molecule has 3 N–H and O–H groups in total. The van der Waals surface area contributed by atoms with Crippen molar-refractivity contribution in [2.24, 2.45) is 0 Å². The minimum absolute atomic E-state index is 0.106. The Hall–Kier alpha value is -3.46. The Labute approximate surface area is 186 Å². The molecule has 1 unspecified atom stereocenters. The summed E-state index contributed by atoms with van der Waals surface area (Å²) in [4.78, 5) is 20.3. The van der Waals surface area contributed by atoms with E-state index in [0.29, 0.717) is 12.4 Å². The van der Waals surface area contributed by atoms with Crippen molar-refractivity contribution in [3.8, 4) is 0 Å². The van der Waals surface area contributed by atoms with Gasteiger partial charge >= 0.3 is 0 Å². The molecule has 168 valence electrons. The second kappa shape index (κ2) is 9.78. The average molecular weight is 436 g/mol. The first kappa shape index (κ1) is 21.8. The highest BCUT2D eigenvalue weighted by atomic mass is 16.5. The zero-order valence-electron chi connectivity index (χ0n) is 18.2. The number of nitrogens with zero attached hydrogens (tertiary/aromatic N) is 5. The maximum Gasteiger partial charge on any atom is 0.243 e. The number of rotatable bonds is 10. The molecule has 4 rings (SSSR count). The van der Waals surface area contributed by atoms with Gasteiger partial charge in [0, 0.05) is 36.9 Å². The van der Waals surface area contributed by atoms with Crippen LogP contribution in [0.3, 0.4) is 0 Å². The Balaban J connectivity index is 1.41. The smallest absolute Gasteiger partial charge is 0.243 e. The number of fused-ring (bicyclic) bond motifs is 1. The predicted molar refractivity (Wildman–Crippen MR) is 123 cm³/mol. The molecule has 3 heterocycles. The van der Waals surface area contributed by atoms with Crippen molar-refractivity contribution in [2.45, 2.75) is 57.5 Å². The van der Waals surface area contributed by atoms with Crippen molar-refractivity contribution in [1.29, 1.82) is 0 Å². The van der Waals surface area contributed by atoms with E-state index < -0.39 is 0 Å². The second-order valence-corrected chi connectivity index (χ2v) is 8.07. The van der Waals surface area contributed by atoms with Crippen LogP contribution in [0.2, 0.25) is 0 Å². The van der Waals surface area contributed by atoms with Crippen LogP contribution in [0.5, 0.6) is 0 Å². The summed E-state index contributed by atoms with van der Waals surface area (Å²) in [7, 11) is 0. The van der Waals surface area contributed by atoms with E-state index in [2.05, 4.69) is 63.5 Å². The number of hydrogen-bond donors (Lipinski definition) is 3. The molecule has 0 fully saturated rings. The Bertz CT molecular complexity index is 1130. The molecule has 9 nitrogen and oxygen atoms in total. The van der Waals surface area contributed by atoms with Gasteiger partial charge in [-0.2, -0.15) is 10.1 Å². The maximum atomic E-state index is 11.0. The third kappa shape index (κ3) is 4.72. The summed E-state index contributed by atoms with van der Waals surface area (Å²) in [6, 6.07) is 2.06. The number of nitrogens with one attached hydrogen (secondary N) is 2. The fourth-order valence-electron chi connectivity index (χ4n) is 4.07. The summed E-state index contributed by atoms with van der Waals surface area (Å²) in [5.74, 6) is 0.188. The van der Waals surface area contributed by atoms with Gasteiger partial charge < -0.3 is 9.88 Å². The quantitative estimate of drug-likeness (QED) is 0.252. The Morgan fingerprint density at radius 1 is 1.25 bits per heavy atom. The third-order valence-electron chi connectivity index (χ3n) is 5.95.